The lowest BCUT2D eigenvalue weighted by Gasteiger charge is -2.31. The van der Waals surface area contributed by atoms with Crippen LogP contribution in [-0.4, -0.2) is 23.9 Å². The third-order valence-electron chi connectivity index (χ3n) is 3.28. The van der Waals surface area contributed by atoms with Gasteiger partial charge in [-0.2, -0.15) is 5.26 Å². The first kappa shape index (κ1) is 11.7. The summed E-state index contributed by atoms with van der Waals surface area (Å²) in [5, 5.41) is 8.50. The molecule has 1 heterocycles. The zero-order valence-corrected chi connectivity index (χ0v) is 9.72. The summed E-state index contributed by atoms with van der Waals surface area (Å²) >= 11 is 0. The second kappa shape index (κ2) is 5.49. The maximum absolute atomic E-state index is 11.5. The lowest BCUT2D eigenvalue weighted by atomic mass is 9.89. The Bertz CT molecular complexity index is 414. The maximum Gasteiger partial charge on any atom is 0.236 e. The summed E-state index contributed by atoms with van der Waals surface area (Å²) in [7, 11) is 0. The van der Waals surface area contributed by atoms with Gasteiger partial charge in [-0.05, 0) is 30.4 Å². The molecule has 0 atom stereocenters. The minimum atomic E-state index is -0.0365. The average Bonchev–Trinajstić information content (AvgIpc) is 2.40. The highest BCUT2D eigenvalue weighted by Crippen LogP contribution is 2.27. The smallest absolute Gasteiger partial charge is 0.236 e. The third kappa shape index (κ3) is 2.85. The van der Waals surface area contributed by atoms with E-state index in [1.165, 1.54) is 5.56 Å². The minimum absolute atomic E-state index is 0.00375. The molecule has 1 saturated heterocycles. The molecule has 1 aromatic carbocycles. The van der Waals surface area contributed by atoms with E-state index < -0.39 is 0 Å². The van der Waals surface area contributed by atoms with Crippen LogP contribution in [0.4, 0.5) is 0 Å². The van der Waals surface area contributed by atoms with E-state index in [-0.39, 0.29) is 12.3 Å². The van der Waals surface area contributed by atoms with E-state index >= 15 is 0 Å². The average molecular weight is 227 g/mol. The van der Waals surface area contributed by atoms with Gasteiger partial charge in [0.1, 0.15) is 6.42 Å². The molecule has 1 aromatic rings. The topological polar surface area (TPSA) is 44.1 Å². The van der Waals surface area contributed by atoms with E-state index in [4.69, 9.17) is 5.26 Å². The first-order valence-electron chi connectivity index (χ1n) is 5.92. The quantitative estimate of drug-likeness (QED) is 0.776. The summed E-state index contributed by atoms with van der Waals surface area (Å²) in [6.07, 6.45) is 1.97. The minimum Gasteiger partial charge on any atom is -0.342 e. The Morgan fingerprint density at radius 2 is 2.29 bits per heavy atom. The first-order valence-corrected chi connectivity index (χ1v) is 5.92. The summed E-state index contributed by atoms with van der Waals surface area (Å²) in [6.45, 7) is 1.53. The van der Waals surface area contributed by atoms with E-state index in [9.17, 15) is 4.79 Å². The van der Waals surface area contributed by atoms with E-state index in [1.54, 1.807) is 4.90 Å². The van der Waals surface area contributed by atoms with Crippen LogP contribution >= 0.6 is 0 Å². The number of hydrogen-bond acceptors (Lipinski definition) is 2. The highest BCUT2D eigenvalue weighted by molar-refractivity contribution is 5.78. The van der Waals surface area contributed by atoms with Crippen LogP contribution in [-0.2, 0) is 4.79 Å². The molecule has 1 aliphatic heterocycles. The van der Waals surface area contributed by atoms with Gasteiger partial charge >= 0.3 is 0 Å². The van der Waals surface area contributed by atoms with E-state index in [0.29, 0.717) is 5.92 Å². The Hall–Kier alpha value is -1.82. The number of nitriles is 1. The first-order chi connectivity index (χ1) is 8.31. The molecule has 3 nitrogen and oxygen atoms in total. The van der Waals surface area contributed by atoms with Crippen molar-refractivity contribution in [3.8, 4) is 6.07 Å². The van der Waals surface area contributed by atoms with Gasteiger partial charge in [-0.3, -0.25) is 4.79 Å². The molecule has 0 aliphatic carbocycles. The summed E-state index contributed by atoms with van der Waals surface area (Å²) in [6, 6.07) is 13.0. The van der Waals surface area contributed by atoms with Crippen molar-refractivity contribution in [2.24, 2.45) is 0 Å². The number of hydrogen-bond donors (Lipinski definition) is 0. The number of nitrogens with zero attached hydrogens (tertiary/aromatic N) is 2. The zero-order valence-electron chi connectivity index (χ0n) is 9.72. The van der Waals surface area contributed by atoms with Crippen molar-refractivity contribution in [3.05, 3.63) is 35.9 Å². The van der Waals surface area contributed by atoms with Gasteiger partial charge in [0.15, 0.2) is 0 Å². The molecule has 87 valence electrons. The van der Waals surface area contributed by atoms with Gasteiger partial charge in [0, 0.05) is 13.1 Å². The largest absolute Gasteiger partial charge is 0.342 e. The lowest BCUT2D eigenvalue weighted by Crippen LogP contribution is -2.37. The van der Waals surface area contributed by atoms with Gasteiger partial charge in [-0.25, -0.2) is 0 Å². The van der Waals surface area contributed by atoms with Gasteiger partial charge in [-0.1, -0.05) is 24.3 Å². The van der Waals surface area contributed by atoms with Crippen molar-refractivity contribution in [1.29, 1.82) is 5.26 Å². The number of carbonyl (C=O) groups is 1. The number of benzene rings is 1. The van der Waals surface area contributed by atoms with Gasteiger partial charge in [0.25, 0.3) is 0 Å². The number of piperidine rings is 1. The van der Waals surface area contributed by atoms with Crippen LogP contribution in [0.15, 0.2) is 24.3 Å². The van der Waals surface area contributed by atoms with Crippen molar-refractivity contribution in [2.75, 3.05) is 13.1 Å². The van der Waals surface area contributed by atoms with Crippen LogP contribution in [0.3, 0.4) is 0 Å². The molecule has 1 amide bonds. The molecule has 1 fully saturated rings. The molecule has 0 aromatic heterocycles. The fourth-order valence-electron chi connectivity index (χ4n) is 2.30. The molecule has 0 unspecified atom stereocenters. The molecule has 0 saturated carbocycles. The van der Waals surface area contributed by atoms with Crippen molar-refractivity contribution in [1.82, 2.24) is 4.90 Å². The Kier molecular flexibility index (Phi) is 3.77. The van der Waals surface area contributed by atoms with Gasteiger partial charge in [0.2, 0.25) is 5.91 Å². The molecule has 0 spiro atoms. The number of carbonyl (C=O) groups excluding carboxylic acids is 1. The van der Waals surface area contributed by atoms with E-state index in [0.717, 1.165) is 25.9 Å². The molecule has 3 heteroatoms. The zero-order chi connectivity index (χ0) is 12.1. The molecule has 1 radical (unpaired) electrons. The predicted molar refractivity (Wildman–Crippen MR) is 64.1 cm³/mol. The van der Waals surface area contributed by atoms with Crippen LogP contribution in [0.1, 0.15) is 30.7 Å². The monoisotopic (exact) mass is 227 g/mol. The summed E-state index contributed by atoms with van der Waals surface area (Å²) in [5.74, 6) is 0.490. The Morgan fingerprint density at radius 1 is 1.53 bits per heavy atom. The van der Waals surface area contributed by atoms with Crippen molar-refractivity contribution in [2.45, 2.75) is 25.2 Å². The number of amides is 1. The normalized spacial score (nSPS) is 16.5. The fraction of sp³-hybridized carbons (Fsp3) is 0.429. The van der Waals surface area contributed by atoms with Crippen molar-refractivity contribution < 1.29 is 4.79 Å². The standard InChI is InChI=1S/C14H15N2O/c15-9-6-14(17)16-10-7-13(8-11-16)12-4-2-1-3-5-12/h1-2,4-5,13H,6-8,10-11H2. The molecule has 1 aliphatic rings. The van der Waals surface area contributed by atoms with Crippen molar-refractivity contribution in [3.63, 3.8) is 0 Å². The lowest BCUT2D eigenvalue weighted by molar-refractivity contribution is -0.131. The number of likely N-dealkylation sites (tertiary alicyclic amines) is 1. The van der Waals surface area contributed by atoms with Crippen LogP contribution < -0.4 is 0 Å². The Morgan fingerprint density at radius 3 is 2.88 bits per heavy atom. The molecule has 0 N–H and O–H groups in total. The Labute approximate surface area is 102 Å². The van der Waals surface area contributed by atoms with E-state index in [2.05, 4.69) is 12.1 Å². The van der Waals surface area contributed by atoms with Gasteiger partial charge in [0.05, 0.1) is 6.07 Å². The van der Waals surface area contributed by atoms with Crippen LogP contribution in [0.5, 0.6) is 0 Å². The van der Waals surface area contributed by atoms with Crippen LogP contribution in [0.25, 0.3) is 0 Å². The summed E-state index contributed by atoms with van der Waals surface area (Å²) in [4.78, 5) is 13.3. The highest BCUT2D eigenvalue weighted by Gasteiger charge is 2.23. The number of rotatable bonds is 2. The third-order valence-corrected chi connectivity index (χ3v) is 3.28. The second-order valence-electron chi connectivity index (χ2n) is 4.33. The molecule has 0 bridgehead atoms. The van der Waals surface area contributed by atoms with Crippen LogP contribution in [0.2, 0.25) is 0 Å². The molecular formula is C14H15N2O. The van der Waals surface area contributed by atoms with Gasteiger partial charge in [-0.15, -0.1) is 0 Å². The fourth-order valence-corrected chi connectivity index (χ4v) is 2.30. The molecule has 2 rings (SSSR count). The summed E-state index contributed by atoms with van der Waals surface area (Å²) < 4.78 is 0. The summed E-state index contributed by atoms with van der Waals surface area (Å²) in [5.41, 5.74) is 1.31. The SMILES string of the molecule is N#CCC(=O)N1CCC(c2c[c]ccc2)CC1. The molecule has 17 heavy (non-hydrogen) atoms. The van der Waals surface area contributed by atoms with Gasteiger partial charge < -0.3 is 4.90 Å². The maximum atomic E-state index is 11.5. The second-order valence-corrected chi connectivity index (χ2v) is 4.33. The highest BCUT2D eigenvalue weighted by atomic mass is 16.2. The predicted octanol–water partition coefficient (Wildman–Crippen LogP) is 2.11. The van der Waals surface area contributed by atoms with Crippen molar-refractivity contribution >= 4 is 5.91 Å². The van der Waals surface area contributed by atoms with E-state index in [1.807, 2.05) is 24.3 Å². The Balaban J connectivity index is 1.91. The molecular weight excluding hydrogens is 212 g/mol. The van der Waals surface area contributed by atoms with Crippen LogP contribution in [0, 0.1) is 17.4 Å².